The van der Waals surface area contributed by atoms with Crippen molar-refractivity contribution in [3.8, 4) is 17.1 Å². The summed E-state index contributed by atoms with van der Waals surface area (Å²) in [5, 5.41) is 10.3. The number of carboxylic acid groups (broad SMARTS) is 1. The van der Waals surface area contributed by atoms with Crippen molar-refractivity contribution in [3.05, 3.63) is 92.7 Å². The molecular weight excluding hydrogens is 562 g/mol. The first-order chi connectivity index (χ1) is 20.4. The molecule has 42 heavy (non-hydrogen) atoms. The molecule has 0 spiro atoms. The molecule has 0 unspecified atom stereocenters. The summed E-state index contributed by atoms with van der Waals surface area (Å²) in [6, 6.07) is 12.0. The molecule has 1 atom stereocenters. The number of fused-ring (bicyclic) bond motifs is 2. The fraction of sp³-hybridized carbons (Fsp3) is 0.290. The number of hydrogen-bond donors (Lipinski definition) is 1. The van der Waals surface area contributed by atoms with Gasteiger partial charge in [-0.2, -0.15) is 0 Å². The van der Waals surface area contributed by atoms with Crippen LogP contribution in [0, 0.1) is 11.6 Å². The fourth-order valence-corrected chi connectivity index (χ4v) is 6.52. The third-order valence-corrected chi connectivity index (χ3v) is 8.85. The lowest BCUT2D eigenvalue weighted by molar-refractivity contribution is -0.0589. The van der Waals surface area contributed by atoms with Gasteiger partial charge in [-0.05, 0) is 67.6 Å². The van der Waals surface area contributed by atoms with Gasteiger partial charge in [0.15, 0.2) is 0 Å². The molecule has 1 aliphatic carbocycles. The summed E-state index contributed by atoms with van der Waals surface area (Å²) in [4.78, 5) is 26.6. The second kappa shape index (κ2) is 10.9. The van der Waals surface area contributed by atoms with E-state index in [1.165, 1.54) is 17.0 Å². The Morgan fingerprint density at radius 1 is 1.10 bits per heavy atom. The van der Waals surface area contributed by atoms with Crippen LogP contribution >= 0.6 is 11.3 Å². The Labute approximate surface area is 243 Å². The van der Waals surface area contributed by atoms with E-state index >= 15 is 8.78 Å². The summed E-state index contributed by atoms with van der Waals surface area (Å²) in [6.45, 7) is 1.36. The standard InChI is InChI=1S/C31H26F2N4O4S/c32-21-14-20(23-3-2-6-29(35-23)41-16-30-36-25-4-1-5-27(25)42-30)22(33)11-18(21)13-28-34-24-8-7-17(31(38)39)12-26(24)37(28)15-19-9-10-40-19/h2-3,6-8,11-12,14,19H,1,4-5,9-10,13,15-16H2,(H,38,39)/t19-/m0/s1. The van der Waals surface area contributed by atoms with Crippen LogP contribution in [0.3, 0.4) is 0 Å². The van der Waals surface area contributed by atoms with E-state index in [2.05, 4.69) is 15.0 Å². The number of imidazole rings is 1. The first kappa shape index (κ1) is 26.7. The maximum absolute atomic E-state index is 15.5. The first-order valence-corrected chi connectivity index (χ1v) is 14.6. The third kappa shape index (κ3) is 5.14. The SMILES string of the molecule is O=C(O)c1ccc2nc(Cc3cc(F)c(-c4cccc(OCc5nc6c(s5)CCC6)n4)cc3F)n(C[C@@H]3CCO3)c2c1. The summed E-state index contributed by atoms with van der Waals surface area (Å²) >= 11 is 1.65. The lowest BCUT2D eigenvalue weighted by atomic mass is 10.0. The highest BCUT2D eigenvalue weighted by molar-refractivity contribution is 7.11. The van der Waals surface area contributed by atoms with Crippen LogP contribution in [0.2, 0.25) is 0 Å². The molecule has 4 heterocycles. The molecule has 2 aliphatic rings. The van der Waals surface area contributed by atoms with Crippen LogP contribution in [0.25, 0.3) is 22.3 Å². The van der Waals surface area contributed by atoms with E-state index in [-0.39, 0.29) is 41.5 Å². The smallest absolute Gasteiger partial charge is 0.335 e. The van der Waals surface area contributed by atoms with Crippen molar-refractivity contribution in [3.63, 3.8) is 0 Å². The van der Waals surface area contributed by atoms with Gasteiger partial charge in [0.05, 0.1) is 40.6 Å². The molecule has 5 aromatic rings. The van der Waals surface area contributed by atoms with Crippen molar-refractivity contribution >= 4 is 28.3 Å². The molecule has 0 bridgehead atoms. The molecule has 0 amide bonds. The molecule has 3 aromatic heterocycles. The predicted molar refractivity (Wildman–Crippen MR) is 152 cm³/mol. The van der Waals surface area contributed by atoms with Gasteiger partial charge >= 0.3 is 5.97 Å². The van der Waals surface area contributed by atoms with Gasteiger partial charge in [0.2, 0.25) is 5.88 Å². The fourth-order valence-electron chi connectivity index (χ4n) is 5.45. The van der Waals surface area contributed by atoms with E-state index in [1.54, 1.807) is 41.7 Å². The third-order valence-electron chi connectivity index (χ3n) is 7.72. The van der Waals surface area contributed by atoms with Crippen molar-refractivity contribution in [2.24, 2.45) is 0 Å². The number of aromatic carboxylic acids is 1. The maximum atomic E-state index is 15.5. The van der Waals surface area contributed by atoms with Gasteiger partial charge in [0, 0.05) is 29.5 Å². The number of thiazole rings is 1. The second-order valence-electron chi connectivity index (χ2n) is 10.5. The number of pyridine rings is 1. The minimum atomic E-state index is -1.05. The van der Waals surface area contributed by atoms with Crippen molar-refractivity contribution in [1.82, 2.24) is 19.5 Å². The number of nitrogens with zero attached hydrogens (tertiary/aromatic N) is 4. The van der Waals surface area contributed by atoms with E-state index in [9.17, 15) is 9.90 Å². The number of carbonyl (C=O) groups is 1. The summed E-state index contributed by atoms with van der Waals surface area (Å²) in [5.74, 6) is -1.47. The van der Waals surface area contributed by atoms with E-state index in [4.69, 9.17) is 9.47 Å². The van der Waals surface area contributed by atoms with Crippen LogP contribution < -0.4 is 4.74 Å². The Hall–Kier alpha value is -4.22. The largest absolute Gasteiger partial charge is 0.478 e. The number of aromatic nitrogens is 4. The Morgan fingerprint density at radius 3 is 2.76 bits per heavy atom. The van der Waals surface area contributed by atoms with Crippen LogP contribution in [0.1, 0.15) is 50.2 Å². The van der Waals surface area contributed by atoms with E-state index in [0.717, 1.165) is 42.5 Å². The van der Waals surface area contributed by atoms with Gasteiger partial charge in [-0.1, -0.05) is 6.07 Å². The van der Waals surface area contributed by atoms with Crippen LogP contribution in [-0.2, 0) is 37.2 Å². The van der Waals surface area contributed by atoms with E-state index in [1.807, 2.05) is 4.57 Å². The van der Waals surface area contributed by atoms with E-state index in [0.29, 0.717) is 35.9 Å². The molecule has 214 valence electrons. The normalized spacial score (nSPS) is 16.0. The first-order valence-electron chi connectivity index (χ1n) is 13.8. The van der Waals surface area contributed by atoms with E-state index < -0.39 is 17.6 Å². The lowest BCUT2D eigenvalue weighted by Crippen LogP contribution is -2.31. The quantitative estimate of drug-likeness (QED) is 0.226. The van der Waals surface area contributed by atoms with Gasteiger partial charge in [-0.25, -0.2) is 28.5 Å². The molecule has 1 aliphatic heterocycles. The van der Waals surface area contributed by atoms with Crippen LogP contribution in [0.5, 0.6) is 5.88 Å². The number of benzene rings is 2. The minimum Gasteiger partial charge on any atom is -0.478 e. The lowest BCUT2D eigenvalue weighted by Gasteiger charge is -2.27. The average molecular weight is 589 g/mol. The average Bonchev–Trinajstić information content (AvgIpc) is 3.65. The van der Waals surface area contributed by atoms with Crippen molar-refractivity contribution in [2.75, 3.05) is 6.61 Å². The van der Waals surface area contributed by atoms with Gasteiger partial charge in [-0.3, -0.25) is 0 Å². The second-order valence-corrected chi connectivity index (χ2v) is 11.7. The molecule has 0 saturated carbocycles. The Kier molecular flexibility index (Phi) is 6.91. The van der Waals surface area contributed by atoms with Gasteiger partial charge < -0.3 is 19.1 Å². The zero-order chi connectivity index (χ0) is 28.8. The Morgan fingerprint density at radius 2 is 1.98 bits per heavy atom. The van der Waals surface area contributed by atoms with Crippen LogP contribution in [0.4, 0.5) is 8.78 Å². The van der Waals surface area contributed by atoms with Crippen LogP contribution in [-0.4, -0.2) is 43.3 Å². The Bertz CT molecular complexity index is 1810. The molecule has 0 radical (unpaired) electrons. The number of carboxylic acids is 1. The predicted octanol–water partition coefficient (Wildman–Crippen LogP) is 5.98. The van der Waals surface area contributed by atoms with Crippen molar-refractivity contribution in [1.29, 1.82) is 0 Å². The molecular formula is C31H26F2N4O4S. The molecule has 8 nitrogen and oxygen atoms in total. The van der Waals surface area contributed by atoms with Gasteiger partial charge in [0.1, 0.15) is 29.1 Å². The molecule has 1 N–H and O–H groups in total. The molecule has 7 rings (SSSR count). The molecule has 11 heteroatoms. The minimum absolute atomic E-state index is 0.0151. The highest BCUT2D eigenvalue weighted by Gasteiger charge is 2.24. The molecule has 1 fully saturated rings. The molecule has 2 aromatic carbocycles. The van der Waals surface area contributed by atoms with Crippen molar-refractivity contribution in [2.45, 2.75) is 51.4 Å². The van der Waals surface area contributed by atoms with Crippen LogP contribution in [0.15, 0.2) is 48.5 Å². The topological polar surface area (TPSA) is 99.4 Å². The number of aryl methyl sites for hydroxylation is 2. The highest BCUT2D eigenvalue weighted by Crippen LogP contribution is 2.30. The Balaban J connectivity index is 1.14. The van der Waals surface area contributed by atoms with Crippen molar-refractivity contribution < 1.29 is 28.2 Å². The number of ether oxygens (including phenoxy) is 2. The summed E-state index contributed by atoms with van der Waals surface area (Å²) in [6.07, 6.45) is 4.02. The number of rotatable bonds is 9. The molecule has 1 saturated heterocycles. The highest BCUT2D eigenvalue weighted by atomic mass is 32.1. The summed E-state index contributed by atoms with van der Waals surface area (Å²) in [7, 11) is 0. The zero-order valence-corrected chi connectivity index (χ0v) is 23.3. The monoisotopic (exact) mass is 588 g/mol. The summed E-state index contributed by atoms with van der Waals surface area (Å²) in [5.41, 5.74) is 2.88. The maximum Gasteiger partial charge on any atom is 0.335 e. The number of hydrogen-bond acceptors (Lipinski definition) is 7. The van der Waals surface area contributed by atoms with Gasteiger partial charge in [-0.15, -0.1) is 11.3 Å². The summed E-state index contributed by atoms with van der Waals surface area (Å²) < 4.78 is 44.2. The van der Waals surface area contributed by atoms with Gasteiger partial charge in [0.25, 0.3) is 0 Å². The number of halogens is 2. The zero-order valence-electron chi connectivity index (χ0n) is 22.5.